The van der Waals surface area contributed by atoms with E-state index < -0.39 is 24.5 Å². The van der Waals surface area contributed by atoms with E-state index in [0.29, 0.717) is 45.7 Å². The normalized spacial score (nSPS) is 11.3. The van der Waals surface area contributed by atoms with E-state index in [1.807, 2.05) is 6.92 Å². The van der Waals surface area contributed by atoms with E-state index in [4.69, 9.17) is 37.9 Å². The van der Waals surface area contributed by atoms with Crippen LogP contribution >= 0.6 is 0 Å². The van der Waals surface area contributed by atoms with E-state index in [0.717, 1.165) is 12.8 Å². The Bertz CT molecular complexity index is 1310. The second kappa shape index (κ2) is 44.6. The maximum Gasteiger partial charge on any atom is 0.326 e. The molecule has 24 heteroatoms. The molecule has 0 spiro atoms. The summed E-state index contributed by atoms with van der Waals surface area (Å²) in [5, 5.41) is 27.9. The van der Waals surface area contributed by atoms with Gasteiger partial charge in [-0.2, -0.15) is 0 Å². The number of hydrogen-bond acceptors (Lipinski definition) is 16. The Morgan fingerprint density at radius 3 is 1.22 bits per heavy atom. The van der Waals surface area contributed by atoms with Gasteiger partial charge in [0.15, 0.2) is 0 Å². The molecule has 0 aliphatic rings. The summed E-state index contributed by atoms with van der Waals surface area (Å²) >= 11 is 0. The maximum atomic E-state index is 12.1. The molecule has 0 aliphatic carbocycles. The van der Waals surface area contributed by atoms with Crippen LogP contribution in [0.2, 0.25) is 0 Å². The summed E-state index contributed by atoms with van der Waals surface area (Å²) in [6.07, 6.45) is 2.93. The molecule has 7 amide bonds. The van der Waals surface area contributed by atoms with Crippen LogP contribution in [0, 0.1) is 0 Å². The van der Waals surface area contributed by atoms with E-state index in [1.54, 1.807) is 6.92 Å². The highest BCUT2D eigenvalue weighted by Crippen LogP contribution is 1.99. The van der Waals surface area contributed by atoms with Crippen LogP contribution in [0.3, 0.4) is 0 Å². The van der Waals surface area contributed by atoms with E-state index in [9.17, 15) is 43.5 Å². The van der Waals surface area contributed by atoms with Gasteiger partial charge in [-0.3, -0.25) is 33.6 Å². The molecular formula is C41H75N7O17. The number of carboxylic acids is 1. The van der Waals surface area contributed by atoms with Crippen LogP contribution in [0.5, 0.6) is 0 Å². The average molecular weight is 938 g/mol. The van der Waals surface area contributed by atoms with Crippen molar-refractivity contribution in [1.82, 2.24) is 37.2 Å². The number of hydrogen-bond donors (Lipinski definition) is 8. The summed E-state index contributed by atoms with van der Waals surface area (Å²) in [7, 11) is 0. The third-order valence-corrected chi connectivity index (χ3v) is 8.31. The molecule has 0 radical (unpaired) electrons. The number of rotatable bonds is 46. The molecule has 1 atom stereocenters. The highest BCUT2D eigenvalue weighted by molar-refractivity contribution is 5.85. The summed E-state index contributed by atoms with van der Waals surface area (Å²) in [5.41, 5.74) is 0. The fraction of sp³-hybridized carbons (Fsp3) is 0.805. The Balaban J connectivity index is 3.59. The number of carbonyl (C=O) groups is 8. The van der Waals surface area contributed by atoms with Crippen LogP contribution in [0.15, 0.2) is 0 Å². The van der Waals surface area contributed by atoms with Crippen LogP contribution in [-0.4, -0.2) is 203 Å². The Labute approximate surface area is 381 Å². The van der Waals surface area contributed by atoms with Crippen LogP contribution in [0.4, 0.5) is 0 Å². The van der Waals surface area contributed by atoms with Crippen LogP contribution in [0.1, 0.15) is 65.2 Å². The first-order chi connectivity index (χ1) is 31.5. The number of nitrogens with one attached hydrogen (secondary N) is 7. The Morgan fingerprint density at radius 1 is 0.385 bits per heavy atom. The van der Waals surface area contributed by atoms with Crippen molar-refractivity contribution in [2.24, 2.45) is 0 Å². The third-order valence-electron chi connectivity index (χ3n) is 8.31. The number of carbonyl (C=O) groups excluding carboxylic acids is 7. The molecule has 0 rings (SSSR count). The number of unbranched alkanes of at least 4 members (excludes halogenated alkanes) is 1. The van der Waals surface area contributed by atoms with Gasteiger partial charge in [0.1, 0.15) is 25.9 Å². The largest absolute Gasteiger partial charge is 0.480 e. The molecule has 0 heterocycles. The summed E-state index contributed by atoms with van der Waals surface area (Å²) in [5.74, 6) is -3.28. The minimum Gasteiger partial charge on any atom is -0.480 e. The summed E-state index contributed by atoms with van der Waals surface area (Å²) < 4.78 is 42.5. The number of carboxylic acid groups (broad SMARTS) is 1. The van der Waals surface area contributed by atoms with Gasteiger partial charge in [-0.1, -0.05) is 20.3 Å². The second-order valence-corrected chi connectivity index (χ2v) is 13.9. The summed E-state index contributed by atoms with van der Waals surface area (Å²) in [6.45, 7) is 8.30. The van der Waals surface area contributed by atoms with E-state index in [-0.39, 0.29) is 167 Å². The monoisotopic (exact) mass is 938 g/mol. The molecule has 0 saturated carbocycles. The van der Waals surface area contributed by atoms with Gasteiger partial charge in [-0.25, -0.2) is 4.79 Å². The molecular weight excluding hydrogens is 862 g/mol. The fourth-order valence-electron chi connectivity index (χ4n) is 4.83. The van der Waals surface area contributed by atoms with Crippen LogP contribution in [0.25, 0.3) is 0 Å². The minimum atomic E-state index is -1.28. The zero-order chi connectivity index (χ0) is 48.0. The van der Waals surface area contributed by atoms with Crippen molar-refractivity contribution in [2.75, 3.05) is 145 Å². The second-order valence-electron chi connectivity index (χ2n) is 13.9. The van der Waals surface area contributed by atoms with Gasteiger partial charge in [-0.15, -0.1) is 0 Å². The molecule has 0 saturated heterocycles. The van der Waals surface area contributed by atoms with Crippen molar-refractivity contribution in [3.63, 3.8) is 0 Å². The highest BCUT2D eigenvalue weighted by Gasteiger charge is 2.21. The lowest BCUT2D eigenvalue weighted by Crippen LogP contribution is -2.43. The lowest BCUT2D eigenvalue weighted by Gasteiger charge is -2.14. The van der Waals surface area contributed by atoms with Gasteiger partial charge in [0.05, 0.1) is 85.9 Å². The van der Waals surface area contributed by atoms with E-state index >= 15 is 0 Å². The van der Waals surface area contributed by atoms with Crippen LogP contribution in [-0.2, 0) is 76.3 Å². The Hall–Kier alpha value is -4.56. The van der Waals surface area contributed by atoms with Gasteiger partial charge in [0, 0.05) is 65.0 Å². The van der Waals surface area contributed by atoms with Gasteiger partial charge >= 0.3 is 5.97 Å². The van der Waals surface area contributed by atoms with Crippen molar-refractivity contribution in [3.8, 4) is 0 Å². The molecule has 0 aliphatic heterocycles. The first kappa shape index (κ1) is 60.4. The quantitative estimate of drug-likeness (QED) is 0.0294. The van der Waals surface area contributed by atoms with E-state index in [1.165, 1.54) is 0 Å². The molecule has 0 fully saturated rings. The molecule has 24 nitrogen and oxygen atoms in total. The smallest absolute Gasteiger partial charge is 0.326 e. The van der Waals surface area contributed by atoms with Crippen LogP contribution < -0.4 is 37.2 Å². The van der Waals surface area contributed by atoms with Gasteiger partial charge in [0.2, 0.25) is 41.4 Å². The first-order valence-electron chi connectivity index (χ1n) is 22.2. The zero-order valence-electron chi connectivity index (χ0n) is 38.3. The lowest BCUT2D eigenvalue weighted by molar-refractivity contribution is -0.143. The summed E-state index contributed by atoms with van der Waals surface area (Å²) in [6, 6.07) is -1.27. The predicted molar refractivity (Wildman–Crippen MR) is 232 cm³/mol. The average Bonchev–Trinajstić information content (AvgIpc) is 3.28. The minimum absolute atomic E-state index is 0.0396. The van der Waals surface area contributed by atoms with Crippen molar-refractivity contribution < 1.29 is 81.4 Å². The number of amides is 7. The summed E-state index contributed by atoms with van der Waals surface area (Å²) in [4.78, 5) is 94.1. The maximum absolute atomic E-state index is 12.1. The lowest BCUT2D eigenvalue weighted by atomic mass is 10.1. The molecule has 1 unspecified atom stereocenters. The standard InChI is InChI=1S/C41H75N7O17/c1-3-5-11-42-35(50)7-6-12-43-36(51)9-8-33(41(56)57)48-40(55)32-65-29-26-61-19-14-45-37(52)10-17-58-22-23-59-20-15-46-38(53)30-64-28-25-62-21-16-47-39(54)31-63-27-24-60-18-13-44-34(49)4-2/h33H,3-32H2,1-2H3,(H,42,50)(H,43,51)(H,44,49)(H,45,52)(H,46,53)(H,47,54)(H,48,55)(H,56,57). The molecule has 376 valence electrons. The van der Waals surface area contributed by atoms with E-state index in [2.05, 4.69) is 37.2 Å². The van der Waals surface area contributed by atoms with Gasteiger partial charge in [0.25, 0.3) is 0 Å². The highest BCUT2D eigenvalue weighted by atomic mass is 16.5. The van der Waals surface area contributed by atoms with Crippen molar-refractivity contribution in [2.45, 2.75) is 71.3 Å². The Morgan fingerprint density at radius 2 is 0.754 bits per heavy atom. The number of aliphatic carboxylic acids is 1. The SMILES string of the molecule is CCCCNC(=O)CCCNC(=O)CCC(NC(=O)COCCOCCNC(=O)CCOCCOCCNC(=O)COCCOCCNC(=O)COCCOCCNC(=O)CC)C(=O)O. The van der Waals surface area contributed by atoms with Crippen molar-refractivity contribution in [1.29, 1.82) is 0 Å². The first-order valence-corrected chi connectivity index (χ1v) is 22.2. The van der Waals surface area contributed by atoms with Gasteiger partial charge < -0.3 is 80.2 Å². The Kier molecular flexibility index (Phi) is 41.5. The third kappa shape index (κ3) is 43.1. The molecule has 65 heavy (non-hydrogen) atoms. The molecule has 0 bridgehead atoms. The predicted octanol–water partition coefficient (Wildman–Crippen LogP) is -2.45. The number of ether oxygens (including phenoxy) is 8. The molecule has 8 N–H and O–H groups in total. The topological polar surface area (TPSA) is 315 Å². The van der Waals surface area contributed by atoms with Crippen molar-refractivity contribution in [3.05, 3.63) is 0 Å². The van der Waals surface area contributed by atoms with Crippen molar-refractivity contribution >= 4 is 47.3 Å². The molecule has 0 aromatic carbocycles. The van der Waals surface area contributed by atoms with Gasteiger partial charge in [-0.05, 0) is 19.3 Å². The molecule has 0 aromatic heterocycles. The molecule has 0 aromatic rings. The zero-order valence-corrected chi connectivity index (χ0v) is 38.3. The fourth-order valence-corrected chi connectivity index (χ4v) is 4.83.